The van der Waals surface area contributed by atoms with Crippen LogP contribution in [-0.2, 0) is 4.74 Å². The molecule has 1 fully saturated rings. The molecule has 1 unspecified atom stereocenters. The molecule has 0 bridgehead atoms. The summed E-state index contributed by atoms with van der Waals surface area (Å²) in [6, 6.07) is 5.19. The number of rotatable bonds is 3. The van der Waals surface area contributed by atoms with E-state index < -0.39 is 0 Å². The molecule has 2 N–H and O–H groups in total. The lowest BCUT2D eigenvalue weighted by molar-refractivity contribution is -0.118. The zero-order valence-electron chi connectivity index (χ0n) is 13.2. The molecule has 1 amide bonds. The van der Waals surface area contributed by atoms with Crippen molar-refractivity contribution in [2.24, 2.45) is 0 Å². The van der Waals surface area contributed by atoms with Gasteiger partial charge in [0.1, 0.15) is 5.75 Å². The SMILES string of the molecule is CCOc1ccc(C(=O)N2CC(C)OC(C)(C)C2)cc1N. The van der Waals surface area contributed by atoms with Crippen molar-refractivity contribution in [3.05, 3.63) is 23.8 Å². The zero-order chi connectivity index (χ0) is 15.6. The highest BCUT2D eigenvalue weighted by molar-refractivity contribution is 5.95. The lowest BCUT2D eigenvalue weighted by Gasteiger charge is -2.41. The summed E-state index contributed by atoms with van der Waals surface area (Å²) >= 11 is 0. The second kappa shape index (κ2) is 5.93. The van der Waals surface area contributed by atoms with E-state index in [0.29, 0.717) is 36.7 Å². The highest BCUT2D eigenvalue weighted by Gasteiger charge is 2.34. The van der Waals surface area contributed by atoms with Crippen LogP contribution in [0, 0.1) is 0 Å². The third kappa shape index (κ3) is 3.67. The molecule has 0 saturated carbocycles. The summed E-state index contributed by atoms with van der Waals surface area (Å²) in [5, 5.41) is 0. The molecule has 116 valence electrons. The summed E-state index contributed by atoms with van der Waals surface area (Å²) in [5.41, 5.74) is 6.68. The van der Waals surface area contributed by atoms with Gasteiger partial charge >= 0.3 is 0 Å². The molecule has 5 nitrogen and oxygen atoms in total. The number of anilines is 1. The predicted molar refractivity (Wildman–Crippen MR) is 82.6 cm³/mol. The van der Waals surface area contributed by atoms with Crippen LogP contribution in [0.25, 0.3) is 0 Å². The van der Waals surface area contributed by atoms with E-state index >= 15 is 0 Å². The molecule has 1 heterocycles. The van der Waals surface area contributed by atoms with Crippen molar-refractivity contribution in [2.45, 2.75) is 39.4 Å². The molecule has 1 atom stereocenters. The summed E-state index contributed by atoms with van der Waals surface area (Å²) < 4.78 is 11.2. The number of nitrogens with zero attached hydrogens (tertiary/aromatic N) is 1. The molecular weight excluding hydrogens is 268 g/mol. The first-order chi connectivity index (χ1) is 9.82. The Morgan fingerprint density at radius 1 is 1.52 bits per heavy atom. The van der Waals surface area contributed by atoms with Gasteiger partial charge in [-0.3, -0.25) is 4.79 Å². The zero-order valence-corrected chi connectivity index (χ0v) is 13.2. The number of nitrogens with two attached hydrogens (primary N) is 1. The highest BCUT2D eigenvalue weighted by Crippen LogP contribution is 2.26. The van der Waals surface area contributed by atoms with Crippen molar-refractivity contribution in [1.82, 2.24) is 4.90 Å². The lowest BCUT2D eigenvalue weighted by Crippen LogP contribution is -2.53. The number of hydrogen-bond acceptors (Lipinski definition) is 4. The van der Waals surface area contributed by atoms with E-state index in [9.17, 15) is 4.79 Å². The quantitative estimate of drug-likeness (QED) is 0.868. The molecule has 0 spiro atoms. The highest BCUT2D eigenvalue weighted by atomic mass is 16.5. The number of nitrogen functional groups attached to an aromatic ring is 1. The molecule has 2 rings (SSSR count). The average Bonchev–Trinajstić information content (AvgIpc) is 2.38. The third-order valence-electron chi connectivity index (χ3n) is 3.41. The van der Waals surface area contributed by atoms with Crippen molar-refractivity contribution in [2.75, 3.05) is 25.4 Å². The maximum Gasteiger partial charge on any atom is 0.254 e. The number of amides is 1. The van der Waals surface area contributed by atoms with E-state index in [1.165, 1.54) is 0 Å². The van der Waals surface area contributed by atoms with Crippen LogP contribution in [0.2, 0.25) is 0 Å². The van der Waals surface area contributed by atoms with Crippen LogP contribution in [0.3, 0.4) is 0 Å². The summed E-state index contributed by atoms with van der Waals surface area (Å²) in [5.74, 6) is 0.595. The molecule has 1 aromatic carbocycles. The second-order valence-electron chi connectivity index (χ2n) is 6.06. The molecule has 0 aromatic heterocycles. The van der Waals surface area contributed by atoms with Crippen molar-refractivity contribution in [3.63, 3.8) is 0 Å². The van der Waals surface area contributed by atoms with E-state index in [4.69, 9.17) is 15.2 Å². The molecule has 1 saturated heterocycles. The summed E-state index contributed by atoms with van der Waals surface area (Å²) in [4.78, 5) is 14.5. The predicted octanol–water partition coefficient (Wildman–Crippen LogP) is 2.31. The van der Waals surface area contributed by atoms with E-state index in [1.807, 2.05) is 32.6 Å². The molecule has 1 aliphatic heterocycles. The Hall–Kier alpha value is -1.75. The second-order valence-corrected chi connectivity index (χ2v) is 6.06. The minimum absolute atomic E-state index is 0.0204. The number of morpholine rings is 1. The number of carbonyl (C=O) groups excluding carboxylic acids is 1. The van der Waals surface area contributed by atoms with Crippen LogP contribution in [-0.4, -0.2) is 42.2 Å². The Bertz CT molecular complexity index is 528. The fourth-order valence-electron chi connectivity index (χ4n) is 2.76. The number of benzene rings is 1. The maximum atomic E-state index is 12.6. The van der Waals surface area contributed by atoms with Gasteiger partial charge in [0.05, 0.1) is 24.0 Å². The van der Waals surface area contributed by atoms with Crippen molar-refractivity contribution in [1.29, 1.82) is 0 Å². The molecule has 1 aliphatic rings. The molecule has 0 aliphatic carbocycles. The Labute approximate surface area is 126 Å². The number of hydrogen-bond donors (Lipinski definition) is 1. The van der Waals surface area contributed by atoms with E-state index in [2.05, 4.69) is 0 Å². The first-order valence-corrected chi connectivity index (χ1v) is 7.32. The van der Waals surface area contributed by atoms with Gasteiger partial charge < -0.3 is 20.1 Å². The normalized spacial score (nSPS) is 21.1. The van der Waals surface area contributed by atoms with Crippen LogP contribution in [0.1, 0.15) is 38.1 Å². The fraction of sp³-hybridized carbons (Fsp3) is 0.562. The minimum Gasteiger partial charge on any atom is -0.492 e. The number of ether oxygens (including phenoxy) is 2. The van der Waals surface area contributed by atoms with Gasteiger partial charge in [-0.2, -0.15) is 0 Å². The molecular formula is C16H24N2O3. The van der Waals surface area contributed by atoms with Crippen LogP contribution >= 0.6 is 0 Å². The molecule has 21 heavy (non-hydrogen) atoms. The van der Waals surface area contributed by atoms with Gasteiger partial charge in [0, 0.05) is 18.7 Å². The Balaban J connectivity index is 2.18. The van der Waals surface area contributed by atoms with Crippen LogP contribution in [0.5, 0.6) is 5.75 Å². The maximum absolute atomic E-state index is 12.6. The Kier molecular flexibility index (Phi) is 4.42. The van der Waals surface area contributed by atoms with Crippen LogP contribution < -0.4 is 10.5 Å². The first kappa shape index (κ1) is 15.6. The smallest absolute Gasteiger partial charge is 0.254 e. The lowest BCUT2D eigenvalue weighted by atomic mass is 10.0. The van der Waals surface area contributed by atoms with Crippen molar-refractivity contribution >= 4 is 11.6 Å². The first-order valence-electron chi connectivity index (χ1n) is 7.32. The summed E-state index contributed by atoms with van der Waals surface area (Å²) in [6.07, 6.45) is 0.0257. The standard InChI is InChI=1S/C16H24N2O3/c1-5-20-14-7-6-12(8-13(14)17)15(19)18-9-11(2)21-16(3,4)10-18/h6-8,11H,5,9-10,17H2,1-4H3. The monoisotopic (exact) mass is 292 g/mol. The van der Waals surface area contributed by atoms with Gasteiger partial charge in [-0.25, -0.2) is 0 Å². The topological polar surface area (TPSA) is 64.8 Å². The van der Waals surface area contributed by atoms with E-state index in [0.717, 1.165) is 0 Å². The largest absolute Gasteiger partial charge is 0.492 e. The van der Waals surface area contributed by atoms with Crippen LogP contribution in [0.15, 0.2) is 18.2 Å². The summed E-state index contributed by atoms with van der Waals surface area (Å²) in [7, 11) is 0. The molecule has 1 aromatic rings. The van der Waals surface area contributed by atoms with Crippen LogP contribution in [0.4, 0.5) is 5.69 Å². The Morgan fingerprint density at radius 2 is 2.24 bits per heavy atom. The molecule has 5 heteroatoms. The Morgan fingerprint density at radius 3 is 2.81 bits per heavy atom. The van der Waals surface area contributed by atoms with Gasteiger partial charge in [-0.05, 0) is 45.9 Å². The third-order valence-corrected chi connectivity index (χ3v) is 3.41. The average molecular weight is 292 g/mol. The molecule has 0 radical (unpaired) electrons. The van der Waals surface area contributed by atoms with Gasteiger partial charge in [0.15, 0.2) is 0 Å². The van der Waals surface area contributed by atoms with E-state index in [1.54, 1.807) is 18.2 Å². The van der Waals surface area contributed by atoms with Crippen molar-refractivity contribution < 1.29 is 14.3 Å². The van der Waals surface area contributed by atoms with E-state index in [-0.39, 0.29) is 17.6 Å². The fourth-order valence-corrected chi connectivity index (χ4v) is 2.76. The van der Waals surface area contributed by atoms with Gasteiger partial charge in [-0.1, -0.05) is 0 Å². The van der Waals surface area contributed by atoms with Gasteiger partial charge in [0.2, 0.25) is 0 Å². The number of carbonyl (C=O) groups is 1. The summed E-state index contributed by atoms with van der Waals surface area (Å²) in [6.45, 7) is 9.58. The minimum atomic E-state index is -0.329. The van der Waals surface area contributed by atoms with Crippen molar-refractivity contribution in [3.8, 4) is 5.75 Å². The van der Waals surface area contributed by atoms with Gasteiger partial charge in [0.25, 0.3) is 5.91 Å². The van der Waals surface area contributed by atoms with Gasteiger partial charge in [-0.15, -0.1) is 0 Å².